The molecule has 7 nitrogen and oxygen atoms in total. The number of benzene rings is 3. The van der Waals surface area contributed by atoms with Gasteiger partial charge in [-0.3, -0.25) is 9.59 Å². The van der Waals surface area contributed by atoms with E-state index in [0.29, 0.717) is 30.3 Å². The summed E-state index contributed by atoms with van der Waals surface area (Å²) in [4.78, 5) is 37.5. The van der Waals surface area contributed by atoms with E-state index in [1.54, 1.807) is 36.4 Å². The molecule has 5 rings (SSSR count). The molecule has 2 fully saturated rings. The number of halogens is 1. The smallest absolute Gasteiger partial charge is 0.319 e. The molecule has 1 saturated heterocycles. The van der Waals surface area contributed by atoms with Gasteiger partial charge in [-0.05, 0) is 67.5 Å². The fraction of sp³-hybridized carbons (Fsp3) is 0.382. The topological polar surface area (TPSA) is 90.5 Å². The normalized spacial score (nSPS) is 20.2. The number of nitrogens with zero attached hydrogens (tertiary/aromatic N) is 1. The van der Waals surface area contributed by atoms with Gasteiger partial charge in [0.1, 0.15) is 5.82 Å². The molecule has 0 spiro atoms. The van der Waals surface area contributed by atoms with E-state index < -0.39 is 0 Å². The monoisotopic (exact) mass is 572 g/mol. The van der Waals surface area contributed by atoms with Crippen LogP contribution in [-0.2, 0) is 17.8 Å². The van der Waals surface area contributed by atoms with Crippen molar-refractivity contribution < 1.29 is 18.8 Å². The van der Waals surface area contributed by atoms with Gasteiger partial charge >= 0.3 is 6.03 Å². The first-order valence-corrected chi connectivity index (χ1v) is 14.8. The molecule has 42 heavy (non-hydrogen) atoms. The SMILES string of the molecule is CC(=O)c1cccc(NC(=O)NC2CCCCC2C)c1.O=C1CNCC(Cc2ccc(F)cc2)N1Cc1ccccc1. The Morgan fingerprint density at radius 3 is 2.40 bits per heavy atom. The van der Waals surface area contributed by atoms with Gasteiger partial charge in [0.05, 0.1) is 6.54 Å². The number of urea groups is 1. The molecule has 3 amide bonds. The third-order valence-corrected chi connectivity index (χ3v) is 7.95. The van der Waals surface area contributed by atoms with Crippen LogP contribution in [0.3, 0.4) is 0 Å². The fourth-order valence-electron chi connectivity index (χ4n) is 5.52. The Labute approximate surface area is 247 Å². The molecule has 1 heterocycles. The molecule has 1 aliphatic carbocycles. The van der Waals surface area contributed by atoms with Crippen molar-refractivity contribution in [2.45, 2.75) is 64.6 Å². The molecule has 0 aromatic heterocycles. The van der Waals surface area contributed by atoms with Gasteiger partial charge < -0.3 is 20.9 Å². The predicted molar refractivity (Wildman–Crippen MR) is 164 cm³/mol. The quantitative estimate of drug-likeness (QED) is 0.305. The molecule has 3 aromatic rings. The molecular formula is C34H41FN4O3. The Balaban J connectivity index is 0.000000194. The lowest BCUT2D eigenvalue weighted by Gasteiger charge is -2.36. The Morgan fingerprint density at radius 2 is 1.69 bits per heavy atom. The maximum Gasteiger partial charge on any atom is 0.319 e. The lowest BCUT2D eigenvalue weighted by Crippen LogP contribution is -2.55. The number of hydrogen-bond donors (Lipinski definition) is 3. The number of hydrogen-bond acceptors (Lipinski definition) is 4. The molecule has 2 aliphatic rings. The Hall–Kier alpha value is -4.04. The van der Waals surface area contributed by atoms with Crippen molar-refractivity contribution in [3.63, 3.8) is 0 Å². The summed E-state index contributed by atoms with van der Waals surface area (Å²) in [5.74, 6) is 0.401. The van der Waals surface area contributed by atoms with Gasteiger partial charge in [0, 0.05) is 36.4 Å². The molecular weight excluding hydrogens is 531 g/mol. The number of Topliss-reactive ketones (excluding diaryl/α,β-unsaturated/α-hetero) is 1. The first kappa shape index (κ1) is 30.9. The molecule has 3 N–H and O–H groups in total. The van der Waals surface area contributed by atoms with E-state index in [4.69, 9.17) is 0 Å². The highest BCUT2D eigenvalue weighted by Crippen LogP contribution is 2.24. The average Bonchev–Trinajstić information content (AvgIpc) is 2.98. The highest BCUT2D eigenvalue weighted by Gasteiger charge is 2.28. The van der Waals surface area contributed by atoms with E-state index in [1.165, 1.54) is 38.3 Å². The first-order chi connectivity index (χ1) is 20.3. The second-order valence-electron chi connectivity index (χ2n) is 11.2. The number of amides is 3. The summed E-state index contributed by atoms with van der Waals surface area (Å²) in [5.41, 5.74) is 3.43. The van der Waals surface area contributed by atoms with Crippen LogP contribution in [0.2, 0.25) is 0 Å². The average molecular weight is 573 g/mol. The van der Waals surface area contributed by atoms with Crippen LogP contribution < -0.4 is 16.0 Å². The Bertz CT molecular complexity index is 1330. The van der Waals surface area contributed by atoms with Crippen LogP contribution in [-0.4, -0.2) is 47.8 Å². The summed E-state index contributed by atoms with van der Waals surface area (Å²) < 4.78 is 13.0. The minimum absolute atomic E-state index is 0.00467. The number of piperazine rings is 1. The van der Waals surface area contributed by atoms with E-state index in [2.05, 4.69) is 22.9 Å². The van der Waals surface area contributed by atoms with Crippen molar-refractivity contribution >= 4 is 23.4 Å². The minimum atomic E-state index is -0.234. The summed E-state index contributed by atoms with van der Waals surface area (Å²) >= 11 is 0. The number of ketones is 1. The lowest BCUT2D eigenvalue weighted by atomic mass is 9.86. The number of carbonyl (C=O) groups excluding carboxylic acids is 3. The van der Waals surface area contributed by atoms with Crippen molar-refractivity contribution in [3.05, 3.63) is 101 Å². The fourth-order valence-corrected chi connectivity index (χ4v) is 5.52. The predicted octanol–water partition coefficient (Wildman–Crippen LogP) is 5.96. The number of anilines is 1. The van der Waals surface area contributed by atoms with E-state index in [0.717, 1.165) is 30.5 Å². The zero-order valence-corrected chi connectivity index (χ0v) is 24.4. The molecule has 0 bridgehead atoms. The molecule has 3 aromatic carbocycles. The van der Waals surface area contributed by atoms with Crippen LogP contribution in [0, 0.1) is 11.7 Å². The van der Waals surface area contributed by atoms with Crippen LogP contribution >= 0.6 is 0 Å². The zero-order chi connectivity index (χ0) is 29.9. The van der Waals surface area contributed by atoms with Gasteiger partial charge in [0.25, 0.3) is 0 Å². The maximum absolute atomic E-state index is 13.0. The standard InChI is InChI=1S/C18H19FN2O.C16H22N2O2/c19-16-8-6-14(7-9-16)10-17-11-20-12-18(22)21(17)13-15-4-2-1-3-5-15;1-11-6-3-4-9-15(11)18-16(20)17-14-8-5-7-13(10-14)12(2)19/h1-9,17,20H,10-13H2;5,7-8,10-11,15H,3-4,6,9H2,1-2H3,(H2,17,18,20). The summed E-state index contributed by atoms with van der Waals surface area (Å²) in [5, 5.41) is 9.00. The zero-order valence-electron chi connectivity index (χ0n) is 24.4. The molecule has 222 valence electrons. The van der Waals surface area contributed by atoms with E-state index in [9.17, 15) is 18.8 Å². The minimum Gasteiger partial charge on any atom is -0.335 e. The molecule has 3 unspecified atom stereocenters. The van der Waals surface area contributed by atoms with Crippen molar-refractivity contribution in [2.75, 3.05) is 18.4 Å². The second-order valence-corrected chi connectivity index (χ2v) is 11.2. The van der Waals surface area contributed by atoms with Crippen LogP contribution in [0.1, 0.15) is 61.0 Å². The summed E-state index contributed by atoms with van der Waals surface area (Å²) in [6.07, 6.45) is 5.37. The largest absolute Gasteiger partial charge is 0.335 e. The second kappa shape index (κ2) is 15.3. The van der Waals surface area contributed by atoms with Crippen LogP contribution in [0.4, 0.5) is 14.9 Å². The van der Waals surface area contributed by atoms with Gasteiger partial charge in [-0.1, -0.05) is 74.4 Å². The van der Waals surface area contributed by atoms with Crippen LogP contribution in [0.5, 0.6) is 0 Å². The van der Waals surface area contributed by atoms with Crippen molar-refractivity contribution in [2.24, 2.45) is 5.92 Å². The van der Waals surface area contributed by atoms with Gasteiger partial charge in [0.15, 0.2) is 5.78 Å². The van der Waals surface area contributed by atoms with E-state index >= 15 is 0 Å². The summed E-state index contributed by atoms with van der Waals surface area (Å²) in [7, 11) is 0. The first-order valence-electron chi connectivity index (χ1n) is 14.8. The number of nitrogens with one attached hydrogen (secondary N) is 3. The van der Waals surface area contributed by atoms with Gasteiger partial charge in [-0.15, -0.1) is 0 Å². The van der Waals surface area contributed by atoms with Gasteiger partial charge in [-0.2, -0.15) is 0 Å². The van der Waals surface area contributed by atoms with Crippen LogP contribution in [0.15, 0.2) is 78.9 Å². The lowest BCUT2D eigenvalue weighted by molar-refractivity contribution is -0.135. The highest BCUT2D eigenvalue weighted by atomic mass is 19.1. The summed E-state index contributed by atoms with van der Waals surface area (Å²) in [6, 6.07) is 23.7. The van der Waals surface area contributed by atoms with Crippen molar-refractivity contribution in [1.29, 1.82) is 0 Å². The maximum atomic E-state index is 13.0. The third kappa shape index (κ3) is 9.24. The van der Waals surface area contributed by atoms with Gasteiger partial charge in [0.2, 0.25) is 5.91 Å². The van der Waals surface area contributed by atoms with Crippen LogP contribution in [0.25, 0.3) is 0 Å². The Kier molecular flexibility index (Phi) is 11.2. The summed E-state index contributed by atoms with van der Waals surface area (Å²) in [6.45, 7) is 5.46. The Morgan fingerprint density at radius 1 is 0.952 bits per heavy atom. The molecule has 3 atom stereocenters. The van der Waals surface area contributed by atoms with E-state index in [-0.39, 0.29) is 35.6 Å². The molecule has 1 saturated carbocycles. The number of rotatable bonds is 7. The van der Waals surface area contributed by atoms with Crippen molar-refractivity contribution in [3.8, 4) is 0 Å². The van der Waals surface area contributed by atoms with Crippen molar-refractivity contribution in [1.82, 2.24) is 15.5 Å². The third-order valence-electron chi connectivity index (χ3n) is 7.95. The van der Waals surface area contributed by atoms with E-state index in [1.807, 2.05) is 35.2 Å². The molecule has 8 heteroatoms. The molecule has 0 radical (unpaired) electrons. The molecule has 1 aliphatic heterocycles. The number of carbonyl (C=O) groups is 3. The highest BCUT2D eigenvalue weighted by molar-refractivity contribution is 5.96. The van der Waals surface area contributed by atoms with Gasteiger partial charge in [-0.25, -0.2) is 9.18 Å².